The van der Waals surface area contributed by atoms with Crippen LogP contribution in [0.2, 0.25) is 0 Å². The topological polar surface area (TPSA) is 84.3 Å². The van der Waals surface area contributed by atoms with E-state index in [9.17, 15) is 0 Å². The van der Waals surface area contributed by atoms with Crippen LogP contribution in [0.15, 0.2) is 39.4 Å². The number of aryl methyl sites for hydroxylation is 1. The molecule has 3 aromatic rings. The van der Waals surface area contributed by atoms with Crippen molar-refractivity contribution in [2.45, 2.75) is 26.4 Å². The van der Waals surface area contributed by atoms with Crippen LogP contribution >= 0.6 is 0 Å². The lowest BCUT2D eigenvalue weighted by Crippen LogP contribution is -2.46. The Kier molecular flexibility index (Phi) is 4.77. The molecule has 26 heavy (non-hydrogen) atoms. The Balaban J connectivity index is 1.35. The zero-order valence-corrected chi connectivity index (χ0v) is 15.0. The molecule has 3 heterocycles. The summed E-state index contributed by atoms with van der Waals surface area (Å²) in [5, 5.41) is 8.15. The summed E-state index contributed by atoms with van der Waals surface area (Å²) in [6.07, 6.45) is 0. The van der Waals surface area contributed by atoms with Crippen molar-refractivity contribution in [1.82, 2.24) is 30.1 Å². The zero-order chi connectivity index (χ0) is 17.9. The van der Waals surface area contributed by atoms with Crippen LogP contribution in [0.3, 0.4) is 0 Å². The molecule has 1 aliphatic heterocycles. The minimum absolute atomic E-state index is 0.116. The fourth-order valence-electron chi connectivity index (χ4n) is 3.18. The van der Waals surface area contributed by atoms with Crippen LogP contribution in [0.4, 0.5) is 0 Å². The van der Waals surface area contributed by atoms with Gasteiger partial charge in [-0.1, -0.05) is 28.5 Å². The molecule has 0 unspecified atom stereocenters. The molecule has 136 valence electrons. The molecular formula is C18H22N6O2. The number of nitrogens with zero attached hydrogens (tertiary/aromatic N) is 6. The first-order valence-electron chi connectivity index (χ1n) is 8.83. The Labute approximate surface area is 151 Å². The molecule has 0 N–H and O–H groups in total. The summed E-state index contributed by atoms with van der Waals surface area (Å²) in [6, 6.07) is 9.96. The Morgan fingerprint density at radius 1 is 1.00 bits per heavy atom. The molecule has 0 saturated carbocycles. The largest absolute Gasteiger partial charge is 0.340 e. The standard InChI is InChI=1S/C18H22N6O2/c1-13(17-20-18(26-22-17)15-6-4-3-5-7-15)24-10-8-23(9-11-24)12-16-19-14(2)25-21-16/h3-7,13H,8-12H2,1-2H3/t13-/m0/s1. The van der Waals surface area contributed by atoms with Gasteiger partial charge < -0.3 is 9.05 Å². The Morgan fingerprint density at radius 3 is 2.46 bits per heavy atom. The lowest BCUT2D eigenvalue weighted by atomic mass is 10.2. The summed E-state index contributed by atoms with van der Waals surface area (Å²) in [6.45, 7) is 8.42. The number of hydrogen-bond donors (Lipinski definition) is 0. The highest BCUT2D eigenvalue weighted by atomic mass is 16.5. The third-order valence-corrected chi connectivity index (χ3v) is 4.73. The first-order chi connectivity index (χ1) is 12.7. The molecule has 1 atom stereocenters. The van der Waals surface area contributed by atoms with Gasteiger partial charge in [-0.05, 0) is 19.1 Å². The van der Waals surface area contributed by atoms with E-state index in [0.717, 1.165) is 49.9 Å². The predicted octanol–water partition coefficient (Wildman–Crippen LogP) is 2.31. The van der Waals surface area contributed by atoms with E-state index in [1.54, 1.807) is 0 Å². The number of aromatic nitrogens is 4. The molecule has 0 amide bonds. The normalized spacial score (nSPS) is 17.5. The molecule has 1 fully saturated rings. The number of rotatable bonds is 5. The lowest BCUT2D eigenvalue weighted by molar-refractivity contribution is 0.0917. The van der Waals surface area contributed by atoms with Crippen molar-refractivity contribution in [3.05, 3.63) is 47.9 Å². The van der Waals surface area contributed by atoms with E-state index in [0.29, 0.717) is 11.8 Å². The molecule has 1 aliphatic rings. The summed E-state index contributed by atoms with van der Waals surface area (Å²) in [5.74, 6) is 2.65. The highest BCUT2D eigenvalue weighted by Crippen LogP contribution is 2.23. The zero-order valence-electron chi connectivity index (χ0n) is 15.0. The van der Waals surface area contributed by atoms with Gasteiger partial charge in [-0.2, -0.15) is 9.97 Å². The first kappa shape index (κ1) is 16.9. The Hall–Kier alpha value is -2.58. The van der Waals surface area contributed by atoms with Crippen molar-refractivity contribution >= 4 is 0 Å². The summed E-state index contributed by atoms with van der Waals surface area (Å²) < 4.78 is 10.5. The van der Waals surface area contributed by atoms with Gasteiger partial charge >= 0.3 is 0 Å². The maximum absolute atomic E-state index is 5.44. The van der Waals surface area contributed by atoms with Crippen molar-refractivity contribution < 1.29 is 9.05 Å². The van der Waals surface area contributed by atoms with Gasteiger partial charge in [0, 0.05) is 38.7 Å². The number of benzene rings is 1. The fraction of sp³-hybridized carbons (Fsp3) is 0.444. The minimum Gasteiger partial charge on any atom is -0.340 e. The van der Waals surface area contributed by atoms with Crippen molar-refractivity contribution in [2.75, 3.05) is 26.2 Å². The summed E-state index contributed by atoms with van der Waals surface area (Å²) in [7, 11) is 0. The maximum Gasteiger partial charge on any atom is 0.257 e. The molecule has 0 aliphatic carbocycles. The second-order valence-corrected chi connectivity index (χ2v) is 6.54. The molecule has 0 spiro atoms. The molecule has 2 aromatic heterocycles. The third-order valence-electron chi connectivity index (χ3n) is 4.73. The molecular weight excluding hydrogens is 332 g/mol. The Morgan fingerprint density at radius 2 is 1.77 bits per heavy atom. The highest BCUT2D eigenvalue weighted by Gasteiger charge is 2.26. The van der Waals surface area contributed by atoms with Crippen LogP contribution in [0.25, 0.3) is 11.5 Å². The van der Waals surface area contributed by atoms with Crippen LogP contribution in [-0.2, 0) is 6.54 Å². The quantitative estimate of drug-likeness (QED) is 0.690. The number of hydrogen-bond acceptors (Lipinski definition) is 8. The van der Waals surface area contributed by atoms with Gasteiger partial charge in [0.05, 0.1) is 12.6 Å². The van der Waals surface area contributed by atoms with Crippen molar-refractivity contribution in [3.8, 4) is 11.5 Å². The van der Waals surface area contributed by atoms with Gasteiger partial charge in [0.15, 0.2) is 11.6 Å². The Bertz CT molecular complexity index is 838. The van der Waals surface area contributed by atoms with E-state index >= 15 is 0 Å². The minimum atomic E-state index is 0.116. The third kappa shape index (κ3) is 3.66. The van der Waals surface area contributed by atoms with Gasteiger partial charge in [0.2, 0.25) is 5.89 Å². The summed E-state index contributed by atoms with van der Waals surface area (Å²) in [4.78, 5) is 13.6. The molecule has 8 nitrogen and oxygen atoms in total. The van der Waals surface area contributed by atoms with Gasteiger partial charge in [0.1, 0.15) is 0 Å². The number of piperazine rings is 1. The van der Waals surface area contributed by atoms with Gasteiger partial charge in [0.25, 0.3) is 5.89 Å². The van der Waals surface area contributed by atoms with Crippen LogP contribution < -0.4 is 0 Å². The van der Waals surface area contributed by atoms with E-state index < -0.39 is 0 Å². The summed E-state index contributed by atoms with van der Waals surface area (Å²) >= 11 is 0. The summed E-state index contributed by atoms with van der Waals surface area (Å²) in [5.41, 5.74) is 0.943. The smallest absolute Gasteiger partial charge is 0.257 e. The SMILES string of the molecule is Cc1nc(CN2CCN([C@@H](C)c3noc(-c4ccccc4)n3)CC2)no1. The molecule has 8 heteroatoms. The lowest BCUT2D eigenvalue weighted by Gasteiger charge is -2.36. The second kappa shape index (κ2) is 7.35. The average Bonchev–Trinajstić information content (AvgIpc) is 3.32. The van der Waals surface area contributed by atoms with E-state index in [-0.39, 0.29) is 6.04 Å². The van der Waals surface area contributed by atoms with Crippen LogP contribution in [0.1, 0.15) is 30.5 Å². The molecule has 0 bridgehead atoms. The van der Waals surface area contributed by atoms with Crippen molar-refractivity contribution in [2.24, 2.45) is 0 Å². The monoisotopic (exact) mass is 354 g/mol. The molecule has 1 saturated heterocycles. The highest BCUT2D eigenvalue weighted by molar-refractivity contribution is 5.52. The first-order valence-corrected chi connectivity index (χ1v) is 8.83. The molecule has 1 aromatic carbocycles. The van der Waals surface area contributed by atoms with Crippen LogP contribution in [0, 0.1) is 6.92 Å². The average molecular weight is 354 g/mol. The second-order valence-electron chi connectivity index (χ2n) is 6.54. The van der Waals surface area contributed by atoms with Crippen LogP contribution in [0.5, 0.6) is 0 Å². The van der Waals surface area contributed by atoms with E-state index in [4.69, 9.17) is 9.05 Å². The fourth-order valence-corrected chi connectivity index (χ4v) is 3.18. The van der Waals surface area contributed by atoms with Gasteiger partial charge in [-0.15, -0.1) is 0 Å². The molecule has 0 radical (unpaired) electrons. The molecule has 4 rings (SSSR count). The van der Waals surface area contributed by atoms with Crippen molar-refractivity contribution in [3.63, 3.8) is 0 Å². The van der Waals surface area contributed by atoms with Crippen LogP contribution in [-0.4, -0.2) is 56.3 Å². The predicted molar refractivity (Wildman–Crippen MR) is 94.0 cm³/mol. The van der Waals surface area contributed by atoms with E-state index in [1.807, 2.05) is 37.3 Å². The van der Waals surface area contributed by atoms with Gasteiger partial charge in [-0.3, -0.25) is 9.80 Å². The van der Waals surface area contributed by atoms with E-state index in [1.165, 1.54) is 0 Å². The maximum atomic E-state index is 5.44. The van der Waals surface area contributed by atoms with Gasteiger partial charge in [-0.25, -0.2) is 0 Å². The van der Waals surface area contributed by atoms with E-state index in [2.05, 4.69) is 37.0 Å². The van der Waals surface area contributed by atoms with Crippen molar-refractivity contribution in [1.29, 1.82) is 0 Å².